The molecule has 0 bridgehead atoms. The summed E-state index contributed by atoms with van der Waals surface area (Å²) in [5, 5.41) is 6.45. The largest absolute Gasteiger partial charge is 0.356 e. The highest BCUT2D eigenvalue weighted by Crippen LogP contribution is 2.22. The molecular formula is C15H24Cl2N4O. The van der Waals surface area contributed by atoms with Crippen molar-refractivity contribution in [1.82, 2.24) is 15.6 Å². The van der Waals surface area contributed by atoms with E-state index in [0.29, 0.717) is 5.56 Å². The van der Waals surface area contributed by atoms with Gasteiger partial charge in [-0.25, -0.2) is 4.98 Å². The van der Waals surface area contributed by atoms with E-state index >= 15 is 0 Å². The maximum absolute atomic E-state index is 12.5. The van der Waals surface area contributed by atoms with Gasteiger partial charge in [0.05, 0.1) is 5.56 Å². The van der Waals surface area contributed by atoms with Gasteiger partial charge in [0, 0.05) is 31.9 Å². The predicted molar refractivity (Wildman–Crippen MR) is 93.5 cm³/mol. The summed E-state index contributed by atoms with van der Waals surface area (Å²) < 4.78 is 0. The summed E-state index contributed by atoms with van der Waals surface area (Å²) in [6.07, 6.45) is 6.32. The summed E-state index contributed by atoms with van der Waals surface area (Å²) >= 11 is 0. The predicted octanol–water partition coefficient (Wildman–Crippen LogP) is 2.01. The van der Waals surface area contributed by atoms with Crippen molar-refractivity contribution in [2.45, 2.75) is 31.7 Å². The van der Waals surface area contributed by atoms with E-state index in [9.17, 15) is 4.79 Å². The number of nitrogens with zero attached hydrogens (tertiary/aromatic N) is 2. The smallest absolute Gasteiger partial charge is 0.255 e. The minimum absolute atomic E-state index is 0. The molecule has 1 atom stereocenters. The molecule has 2 aliphatic rings. The number of carbonyl (C=O) groups excluding carboxylic acids is 1. The minimum Gasteiger partial charge on any atom is -0.356 e. The van der Waals surface area contributed by atoms with Crippen molar-refractivity contribution in [2.75, 3.05) is 31.1 Å². The van der Waals surface area contributed by atoms with Gasteiger partial charge < -0.3 is 15.5 Å². The van der Waals surface area contributed by atoms with Gasteiger partial charge in [-0.15, -0.1) is 24.8 Å². The monoisotopic (exact) mass is 346 g/mol. The second-order valence-corrected chi connectivity index (χ2v) is 5.59. The molecule has 0 aromatic carbocycles. The number of piperidine rings is 1. The molecule has 3 rings (SSSR count). The van der Waals surface area contributed by atoms with Crippen molar-refractivity contribution in [3.8, 4) is 0 Å². The lowest BCUT2D eigenvalue weighted by molar-refractivity contribution is 0.0931. The van der Waals surface area contributed by atoms with Crippen LogP contribution in [0.15, 0.2) is 18.3 Å². The van der Waals surface area contributed by atoms with E-state index < -0.39 is 0 Å². The Kier molecular flexibility index (Phi) is 7.93. The van der Waals surface area contributed by atoms with Gasteiger partial charge in [0.2, 0.25) is 0 Å². The van der Waals surface area contributed by atoms with Gasteiger partial charge >= 0.3 is 0 Å². The fourth-order valence-electron chi connectivity index (χ4n) is 2.99. The van der Waals surface area contributed by atoms with Gasteiger partial charge in [-0.05, 0) is 44.4 Å². The summed E-state index contributed by atoms with van der Waals surface area (Å²) in [5.74, 6) is 0.847. The van der Waals surface area contributed by atoms with Gasteiger partial charge in [0.15, 0.2) is 0 Å². The lowest BCUT2D eigenvalue weighted by atomic mass is 10.1. The fourth-order valence-corrected chi connectivity index (χ4v) is 2.99. The van der Waals surface area contributed by atoms with Crippen molar-refractivity contribution >= 4 is 36.5 Å². The molecule has 7 heteroatoms. The second kappa shape index (κ2) is 9.18. The number of aromatic nitrogens is 1. The Bertz CT molecular complexity index is 474. The third-order valence-corrected chi connectivity index (χ3v) is 4.07. The molecule has 1 amide bonds. The van der Waals surface area contributed by atoms with E-state index in [1.165, 1.54) is 12.8 Å². The van der Waals surface area contributed by atoms with Crippen LogP contribution in [0.3, 0.4) is 0 Å². The Hall–Kier alpha value is -1.04. The second-order valence-electron chi connectivity index (χ2n) is 5.59. The highest BCUT2D eigenvalue weighted by Gasteiger charge is 2.22. The molecular weight excluding hydrogens is 323 g/mol. The van der Waals surface area contributed by atoms with Gasteiger partial charge in [-0.3, -0.25) is 4.79 Å². The molecule has 2 saturated heterocycles. The Labute approximate surface area is 144 Å². The average molecular weight is 347 g/mol. The minimum atomic E-state index is 0. The molecule has 3 heterocycles. The zero-order valence-electron chi connectivity index (χ0n) is 12.6. The van der Waals surface area contributed by atoms with E-state index in [-0.39, 0.29) is 36.8 Å². The number of anilines is 1. The van der Waals surface area contributed by atoms with Crippen molar-refractivity contribution in [3.05, 3.63) is 23.9 Å². The molecule has 5 nitrogen and oxygen atoms in total. The highest BCUT2D eigenvalue weighted by atomic mass is 35.5. The first kappa shape index (κ1) is 19.0. The van der Waals surface area contributed by atoms with Crippen LogP contribution in [0.25, 0.3) is 0 Å². The van der Waals surface area contributed by atoms with Crippen molar-refractivity contribution in [1.29, 1.82) is 0 Å². The van der Waals surface area contributed by atoms with Crippen molar-refractivity contribution in [3.63, 3.8) is 0 Å². The van der Waals surface area contributed by atoms with Crippen LogP contribution in [-0.4, -0.2) is 43.1 Å². The molecule has 1 aromatic heterocycles. The average Bonchev–Trinajstić information content (AvgIpc) is 3.02. The molecule has 2 N–H and O–H groups in total. The van der Waals surface area contributed by atoms with Crippen LogP contribution in [0.4, 0.5) is 5.82 Å². The van der Waals surface area contributed by atoms with Gasteiger partial charge in [0.1, 0.15) is 5.82 Å². The SMILES string of the molecule is Cl.Cl.O=C(N[C@H]1CCCNC1)c1cccnc1N1CCCC1. The van der Waals surface area contributed by atoms with Gasteiger partial charge in [0.25, 0.3) is 5.91 Å². The fraction of sp³-hybridized carbons (Fsp3) is 0.600. The summed E-state index contributed by atoms with van der Waals surface area (Å²) in [6, 6.07) is 3.96. The van der Waals surface area contributed by atoms with E-state index in [1.807, 2.05) is 12.1 Å². The number of nitrogens with one attached hydrogen (secondary N) is 2. The molecule has 1 aromatic rings. The number of halogens is 2. The van der Waals surface area contributed by atoms with Crippen LogP contribution < -0.4 is 15.5 Å². The number of rotatable bonds is 3. The van der Waals surface area contributed by atoms with Gasteiger partial charge in [-0.1, -0.05) is 0 Å². The van der Waals surface area contributed by atoms with E-state index in [0.717, 1.165) is 44.8 Å². The van der Waals surface area contributed by atoms with Gasteiger partial charge in [-0.2, -0.15) is 0 Å². The Morgan fingerprint density at radius 3 is 2.73 bits per heavy atom. The molecule has 0 unspecified atom stereocenters. The van der Waals surface area contributed by atoms with Crippen LogP contribution >= 0.6 is 24.8 Å². The summed E-state index contributed by atoms with van der Waals surface area (Å²) in [4.78, 5) is 19.1. The van der Waals surface area contributed by atoms with Crippen molar-refractivity contribution < 1.29 is 4.79 Å². The molecule has 2 fully saturated rings. The Morgan fingerprint density at radius 2 is 2.05 bits per heavy atom. The molecule has 2 aliphatic heterocycles. The first-order chi connectivity index (χ1) is 9.84. The number of carbonyl (C=O) groups is 1. The molecule has 0 aliphatic carbocycles. The highest BCUT2D eigenvalue weighted by molar-refractivity contribution is 5.99. The zero-order chi connectivity index (χ0) is 13.8. The maximum Gasteiger partial charge on any atom is 0.255 e. The summed E-state index contributed by atoms with van der Waals surface area (Å²) in [6.45, 7) is 3.92. The number of pyridine rings is 1. The summed E-state index contributed by atoms with van der Waals surface area (Å²) in [5.41, 5.74) is 0.708. The number of amides is 1. The third kappa shape index (κ3) is 4.48. The van der Waals surface area contributed by atoms with Crippen LogP contribution in [0.2, 0.25) is 0 Å². The van der Waals surface area contributed by atoms with Crippen LogP contribution in [0.1, 0.15) is 36.0 Å². The third-order valence-electron chi connectivity index (χ3n) is 4.07. The molecule has 124 valence electrons. The van der Waals surface area contributed by atoms with E-state index in [2.05, 4.69) is 20.5 Å². The molecule has 22 heavy (non-hydrogen) atoms. The normalized spacial score (nSPS) is 20.7. The first-order valence-electron chi connectivity index (χ1n) is 7.56. The quantitative estimate of drug-likeness (QED) is 0.878. The standard InChI is InChI=1S/C15H22N4O.2ClH/c20-15(18-12-5-3-7-16-11-12)13-6-4-8-17-14(13)19-9-1-2-10-19;;/h4,6,8,12,16H,1-3,5,7,9-11H2,(H,18,20);2*1H/t12-;;/m0../s1. The van der Waals surface area contributed by atoms with Crippen LogP contribution in [0.5, 0.6) is 0 Å². The topological polar surface area (TPSA) is 57.3 Å². The summed E-state index contributed by atoms with van der Waals surface area (Å²) in [7, 11) is 0. The van der Waals surface area contributed by atoms with Crippen molar-refractivity contribution in [2.24, 2.45) is 0 Å². The van der Waals surface area contributed by atoms with E-state index in [4.69, 9.17) is 0 Å². The zero-order valence-corrected chi connectivity index (χ0v) is 14.2. The molecule has 0 saturated carbocycles. The maximum atomic E-state index is 12.5. The lowest BCUT2D eigenvalue weighted by Crippen LogP contribution is -2.45. The lowest BCUT2D eigenvalue weighted by Gasteiger charge is -2.25. The van der Waals surface area contributed by atoms with Crippen LogP contribution in [-0.2, 0) is 0 Å². The molecule has 0 spiro atoms. The Morgan fingerprint density at radius 1 is 1.27 bits per heavy atom. The number of hydrogen-bond donors (Lipinski definition) is 2. The number of hydrogen-bond acceptors (Lipinski definition) is 4. The molecule has 0 radical (unpaired) electrons. The van der Waals surface area contributed by atoms with E-state index in [1.54, 1.807) is 6.20 Å². The first-order valence-corrected chi connectivity index (χ1v) is 7.56. The Balaban J connectivity index is 0.00000121. The van der Waals surface area contributed by atoms with Crippen LogP contribution in [0, 0.1) is 0 Å².